The lowest BCUT2D eigenvalue weighted by Gasteiger charge is -2.21. The summed E-state index contributed by atoms with van der Waals surface area (Å²) in [5.74, 6) is -0.417. The number of nitrogens with two attached hydrogens (primary N) is 1. The average Bonchev–Trinajstić information content (AvgIpc) is 2.70. The van der Waals surface area contributed by atoms with E-state index in [1.807, 2.05) is 38.1 Å². The standard InChI is InChI=1S/C25H28FN3O/c1-15(2)12-22-21(14-27)23(18-10-8-16(3)9-11-18)24(17(4)28-22)29-25(30)19-6-5-7-20(26)13-19/h5-11,13,15H,12,14,27H2,1-4H3,(H,29,30). The molecular formula is C25H28FN3O. The van der Waals surface area contributed by atoms with Gasteiger partial charge in [-0.05, 0) is 55.5 Å². The zero-order valence-corrected chi connectivity index (χ0v) is 17.9. The third-order valence-electron chi connectivity index (χ3n) is 5.04. The summed E-state index contributed by atoms with van der Waals surface area (Å²) in [6.45, 7) is 8.50. The third-order valence-corrected chi connectivity index (χ3v) is 5.04. The molecule has 2 aromatic carbocycles. The van der Waals surface area contributed by atoms with Crippen molar-refractivity contribution < 1.29 is 9.18 Å². The minimum atomic E-state index is -0.453. The van der Waals surface area contributed by atoms with E-state index in [2.05, 4.69) is 19.2 Å². The van der Waals surface area contributed by atoms with E-state index in [9.17, 15) is 9.18 Å². The van der Waals surface area contributed by atoms with Crippen LogP contribution in [0.5, 0.6) is 0 Å². The number of pyridine rings is 1. The first-order valence-electron chi connectivity index (χ1n) is 10.2. The summed E-state index contributed by atoms with van der Waals surface area (Å²) < 4.78 is 13.6. The molecule has 0 unspecified atom stereocenters. The molecule has 0 saturated carbocycles. The van der Waals surface area contributed by atoms with Crippen LogP contribution in [0.3, 0.4) is 0 Å². The zero-order valence-electron chi connectivity index (χ0n) is 17.9. The largest absolute Gasteiger partial charge is 0.326 e. The zero-order chi connectivity index (χ0) is 21.8. The molecule has 1 amide bonds. The van der Waals surface area contributed by atoms with Gasteiger partial charge in [-0.1, -0.05) is 49.7 Å². The van der Waals surface area contributed by atoms with E-state index in [1.165, 1.54) is 18.2 Å². The van der Waals surface area contributed by atoms with Gasteiger partial charge in [0.25, 0.3) is 5.91 Å². The number of carbonyl (C=O) groups excluding carboxylic acids is 1. The van der Waals surface area contributed by atoms with Gasteiger partial charge in [-0.15, -0.1) is 0 Å². The van der Waals surface area contributed by atoms with Crippen LogP contribution in [0, 0.1) is 25.6 Å². The van der Waals surface area contributed by atoms with Crippen LogP contribution in [0.15, 0.2) is 48.5 Å². The van der Waals surface area contributed by atoms with Crippen molar-refractivity contribution in [1.82, 2.24) is 4.98 Å². The Balaban J connectivity index is 2.17. The van der Waals surface area contributed by atoms with Crippen LogP contribution in [-0.4, -0.2) is 10.9 Å². The Labute approximate surface area is 177 Å². The fourth-order valence-corrected chi connectivity index (χ4v) is 3.58. The topological polar surface area (TPSA) is 68.0 Å². The summed E-state index contributed by atoms with van der Waals surface area (Å²) in [5, 5.41) is 2.97. The lowest BCUT2D eigenvalue weighted by Crippen LogP contribution is -2.18. The van der Waals surface area contributed by atoms with Crippen molar-refractivity contribution in [3.05, 3.63) is 82.4 Å². The van der Waals surface area contributed by atoms with Crippen molar-refractivity contribution in [2.24, 2.45) is 11.7 Å². The van der Waals surface area contributed by atoms with E-state index in [0.717, 1.165) is 34.4 Å². The number of hydrogen-bond donors (Lipinski definition) is 2. The maximum absolute atomic E-state index is 13.6. The maximum atomic E-state index is 13.6. The normalized spacial score (nSPS) is 11.0. The van der Waals surface area contributed by atoms with E-state index < -0.39 is 5.82 Å². The maximum Gasteiger partial charge on any atom is 0.255 e. The molecule has 0 radical (unpaired) electrons. The van der Waals surface area contributed by atoms with Crippen LogP contribution in [0.1, 0.15) is 46.7 Å². The Bertz CT molecular complexity index is 1060. The molecule has 0 bridgehead atoms. The Morgan fingerprint density at radius 3 is 2.43 bits per heavy atom. The van der Waals surface area contributed by atoms with Gasteiger partial charge in [-0.25, -0.2) is 4.39 Å². The van der Waals surface area contributed by atoms with Gasteiger partial charge in [0.2, 0.25) is 0 Å². The van der Waals surface area contributed by atoms with E-state index in [1.54, 1.807) is 6.07 Å². The number of hydrogen-bond acceptors (Lipinski definition) is 3. The Morgan fingerprint density at radius 2 is 1.83 bits per heavy atom. The smallest absolute Gasteiger partial charge is 0.255 e. The number of rotatable bonds is 6. The Morgan fingerprint density at radius 1 is 1.13 bits per heavy atom. The Hall–Kier alpha value is -3.05. The van der Waals surface area contributed by atoms with Crippen molar-refractivity contribution in [1.29, 1.82) is 0 Å². The van der Waals surface area contributed by atoms with Crippen molar-refractivity contribution >= 4 is 11.6 Å². The number of halogens is 1. The van der Waals surface area contributed by atoms with Gasteiger partial charge in [-0.3, -0.25) is 9.78 Å². The van der Waals surface area contributed by atoms with Gasteiger partial charge >= 0.3 is 0 Å². The first-order valence-corrected chi connectivity index (χ1v) is 10.2. The van der Waals surface area contributed by atoms with E-state index in [-0.39, 0.29) is 11.5 Å². The molecule has 0 atom stereocenters. The number of aryl methyl sites for hydroxylation is 2. The van der Waals surface area contributed by atoms with Gasteiger partial charge in [-0.2, -0.15) is 0 Å². The molecule has 0 fully saturated rings. The third kappa shape index (κ3) is 4.74. The first kappa shape index (κ1) is 21.7. The molecule has 3 rings (SSSR count). The van der Waals surface area contributed by atoms with Crippen LogP contribution < -0.4 is 11.1 Å². The SMILES string of the molecule is Cc1ccc(-c2c(CN)c(CC(C)C)nc(C)c2NC(=O)c2cccc(F)c2)cc1. The highest BCUT2D eigenvalue weighted by Crippen LogP contribution is 2.36. The summed E-state index contributed by atoms with van der Waals surface area (Å²) in [4.78, 5) is 17.7. The minimum absolute atomic E-state index is 0.254. The molecule has 0 aliphatic carbocycles. The number of aromatic nitrogens is 1. The second-order valence-corrected chi connectivity index (χ2v) is 8.01. The predicted octanol–water partition coefficient (Wildman–Crippen LogP) is 5.41. The molecular weight excluding hydrogens is 377 g/mol. The highest BCUT2D eigenvalue weighted by molar-refractivity contribution is 6.07. The molecule has 5 heteroatoms. The molecule has 3 N–H and O–H groups in total. The summed E-state index contributed by atoms with van der Waals surface area (Å²) in [7, 11) is 0. The second kappa shape index (κ2) is 9.18. The predicted molar refractivity (Wildman–Crippen MR) is 120 cm³/mol. The molecule has 4 nitrogen and oxygen atoms in total. The first-order chi connectivity index (χ1) is 14.3. The Kier molecular flexibility index (Phi) is 6.63. The van der Waals surface area contributed by atoms with E-state index in [0.29, 0.717) is 23.8 Å². The molecule has 0 saturated heterocycles. The van der Waals surface area contributed by atoms with Crippen molar-refractivity contribution in [3.63, 3.8) is 0 Å². The number of amides is 1. The average molecular weight is 406 g/mol. The highest BCUT2D eigenvalue weighted by atomic mass is 19.1. The van der Waals surface area contributed by atoms with Gasteiger partial charge in [0.15, 0.2) is 0 Å². The van der Waals surface area contributed by atoms with Crippen molar-refractivity contribution in [3.8, 4) is 11.1 Å². The van der Waals surface area contributed by atoms with E-state index >= 15 is 0 Å². The molecule has 30 heavy (non-hydrogen) atoms. The van der Waals surface area contributed by atoms with Gasteiger partial charge in [0.1, 0.15) is 5.82 Å². The monoisotopic (exact) mass is 405 g/mol. The van der Waals surface area contributed by atoms with Gasteiger partial charge in [0, 0.05) is 23.4 Å². The lowest BCUT2D eigenvalue weighted by molar-refractivity contribution is 0.102. The number of nitrogens with zero attached hydrogens (tertiary/aromatic N) is 1. The van der Waals surface area contributed by atoms with Crippen LogP contribution in [0.2, 0.25) is 0 Å². The summed E-state index contributed by atoms with van der Waals surface area (Å²) in [6.07, 6.45) is 0.796. The van der Waals surface area contributed by atoms with Gasteiger partial charge < -0.3 is 11.1 Å². The molecule has 1 aromatic heterocycles. The van der Waals surface area contributed by atoms with Gasteiger partial charge in [0.05, 0.1) is 11.4 Å². The fraction of sp³-hybridized carbons (Fsp3) is 0.280. The highest BCUT2D eigenvalue weighted by Gasteiger charge is 2.21. The van der Waals surface area contributed by atoms with Crippen LogP contribution >= 0.6 is 0 Å². The minimum Gasteiger partial charge on any atom is -0.326 e. The molecule has 3 aromatic rings. The van der Waals surface area contributed by atoms with E-state index in [4.69, 9.17) is 10.7 Å². The summed E-state index contributed by atoms with van der Waals surface area (Å²) in [6, 6.07) is 13.8. The van der Waals surface area contributed by atoms with Crippen LogP contribution in [0.25, 0.3) is 11.1 Å². The quantitative estimate of drug-likeness (QED) is 0.576. The number of benzene rings is 2. The van der Waals surface area contributed by atoms with Crippen LogP contribution in [-0.2, 0) is 13.0 Å². The molecule has 1 heterocycles. The fourth-order valence-electron chi connectivity index (χ4n) is 3.58. The summed E-state index contributed by atoms with van der Waals surface area (Å²) in [5.41, 5.74) is 12.6. The molecule has 156 valence electrons. The van der Waals surface area contributed by atoms with Crippen molar-refractivity contribution in [2.75, 3.05) is 5.32 Å². The summed E-state index contributed by atoms with van der Waals surface area (Å²) >= 11 is 0. The number of anilines is 1. The van der Waals surface area contributed by atoms with Crippen LogP contribution in [0.4, 0.5) is 10.1 Å². The number of nitrogens with one attached hydrogen (secondary N) is 1. The lowest BCUT2D eigenvalue weighted by atomic mass is 9.92. The molecule has 0 aliphatic heterocycles. The molecule has 0 aliphatic rings. The van der Waals surface area contributed by atoms with Crippen molar-refractivity contribution in [2.45, 2.75) is 40.7 Å². The number of carbonyl (C=O) groups is 1. The second-order valence-electron chi connectivity index (χ2n) is 8.01. The molecule has 0 spiro atoms.